The third-order valence-electron chi connectivity index (χ3n) is 8.32. The molecule has 2 saturated heterocycles. The van der Waals surface area contributed by atoms with Crippen LogP contribution in [-0.4, -0.2) is 87.0 Å². The minimum Gasteiger partial charge on any atom is -0.554 e. The highest BCUT2D eigenvalue weighted by molar-refractivity contribution is 5.94. The van der Waals surface area contributed by atoms with Crippen molar-refractivity contribution < 1.29 is 38.9 Å². The molecule has 0 aromatic heterocycles. The maximum atomic E-state index is 14.0. The molecule has 13 nitrogen and oxygen atoms in total. The van der Waals surface area contributed by atoms with E-state index in [0.717, 1.165) is 36.1 Å². The second-order valence-electron chi connectivity index (χ2n) is 11.0. The van der Waals surface area contributed by atoms with E-state index in [4.69, 9.17) is 30.3 Å². The Hall–Kier alpha value is -4.49. The fourth-order valence-corrected chi connectivity index (χ4v) is 6.07. The maximum Gasteiger partial charge on any atom is 0.246 e. The SMILES string of the molecule is CN[C@H](Cc1ccccc1)C(=O)N[C@@H]1C(=O)N2[C@@H](CC[C@@H]1CCN)CC[C@H]2C(=O)NCCc1ccc(OC)cc1.O=C[O-].O=C[O-]. The molecular formula is C33H45N5O8-2. The van der Waals surface area contributed by atoms with E-state index in [1.54, 1.807) is 19.1 Å². The summed E-state index contributed by atoms with van der Waals surface area (Å²) in [6.07, 6.45) is 4.83. The van der Waals surface area contributed by atoms with Crippen LogP contribution in [0.1, 0.15) is 43.2 Å². The highest BCUT2D eigenvalue weighted by Crippen LogP contribution is 2.35. The van der Waals surface area contributed by atoms with Crippen LogP contribution >= 0.6 is 0 Å². The molecule has 3 amide bonds. The van der Waals surface area contributed by atoms with Gasteiger partial charge in [0.2, 0.25) is 17.7 Å². The molecule has 4 rings (SSSR count). The van der Waals surface area contributed by atoms with Crippen molar-refractivity contribution in [1.82, 2.24) is 20.9 Å². The van der Waals surface area contributed by atoms with Gasteiger partial charge in [0, 0.05) is 25.5 Å². The first-order valence-corrected chi connectivity index (χ1v) is 15.3. The Morgan fingerprint density at radius 3 is 2.22 bits per heavy atom. The number of carbonyl (C=O) groups excluding carboxylic acids is 5. The monoisotopic (exact) mass is 639 g/mol. The molecule has 2 aliphatic rings. The summed E-state index contributed by atoms with van der Waals surface area (Å²) in [5, 5.41) is 25.7. The van der Waals surface area contributed by atoms with Gasteiger partial charge in [0.1, 0.15) is 17.8 Å². The number of rotatable bonds is 12. The maximum absolute atomic E-state index is 14.0. The summed E-state index contributed by atoms with van der Waals surface area (Å²) < 4.78 is 5.21. The minimum atomic E-state index is -0.708. The summed E-state index contributed by atoms with van der Waals surface area (Å²) >= 11 is 0. The molecular weight excluding hydrogens is 594 g/mol. The number of carbonyl (C=O) groups is 5. The first-order chi connectivity index (χ1) is 22.3. The average Bonchev–Trinajstić information content (AvgIpc) is 3.45. The van der Waals surface area contributed by atoms with Gasteiger partial charge in [-0.15, -0.1) is 0 Å². The number of amides is 3. The van der Waals surface area contributed by atoms with Crippen LogP contribution in [0.3, 0.4) is 0 Å². The van der Waals surface area contributed by atoms with Crippen LogP contribution in [0.5, 0.6) is 5.75 Å². The average molecular weight is 640 g/mol. The molecule has 0 radical (unpaired) electrons. The van der Waals surface area contributed by atoms with Crippen molar-refractivity contribution >= 4 is 30.7 Å². The van der Waals surface area contributed by atoms with Gasteiger partial charge >= 0.3 is 0 Å². The first kappa shape index (κ1) is 37.7. The number of fused-ring (bicyclic) bond motifs is 1. The van der Waals surface area contributed by atoms with Crippen LogP contribution < -0.4 is 36.6 Å². The third-order valence-corrected chi connectivity index (χ3v) is 8.32. The number of methoxy groups -OCH3 is 1. The molecule has 5 atom stereocenters. The van der Waals surface area contributed by atoms with E-state index in [0.29, 0.717) is 38.8 Å². The molecule has 2 aromatic carbocycles. The third kappa shape index (κ3) is 11.1. The molecule has 0 aliphatic carbocycles. The van der Waals surface area contributed by atoms with Crippen LogP contribution in [0.25, 0.3) is 0 Å². The Bertz CT molecular complexity index is 1220. The number of hydrogen-bond donors (Lipinski definition) is 4. The highest BCUT2D eigenvalue weighted by atomic mass is 16.5. The van der Waals surface area contributed by atoms with Gasteiger partial charge in [-0.05, 0) is 87.7 Å². The predicted molar refractivity (Wildman–Crippen MR) is 167 cm³/mol. The van der Waals surface area contributed by atoms with Gasteiger partial charge in [-0.3, -0.25) is 14.4 Å². The lowest BCUT2D eigenvalue weighted by molar-refractivity contribution is -0.284. The van der Waals surface area contributed by atoms with E-state index in [2.05, 4.69) is 16.0 Å². The van der Waals surface area contributed by atoms with Crippen molar-refractivity contribution in [2.75, 3.05) is 27.2 Å². The zero-order valence-corrected chi connectivity index (χ0v) is 26.4. The number of hydrogen-bond acceptors (Lipinski definition) is 10. The number of nitrogens with zero attached hydrogens (tertiary/aromatic N) is 1. The fraction of sp³-hybridized carbons (Fsp3) is 0.485. The number of carboxylic acid groups (broad SMARTS) is 2. The number of nitrogens with two attached hydrogens (primary N) is 1. The van der Waals surface area contributed by atoms with Crippen LogP contribution in [0, 0.1) is 5.92 Å². The van der Waals surface area contributed by atoms with E-state index < -0.39 is 31.1 Å². The van der Waals surface area contributed by atoms with Crippen LogP contribution in [-0.2, 0) is 36.8 Å². The van der Waals surface area contributed by atoms with Crippen molar-refractivity contribution in [3.05, 3.63) is 65.7 Å². The van der Waals surface area contributed by atoms with Crippen molar-refractivity contribution in [2.24, 2.45) is 11.7 Å². The van der Waals surface area contributed by atoms with Gasteiger partial charge in [0.15, 0.2) is 0 Å². The molecule has 2 heterocycles. The largest absolute Gasteiger partial charge is 0.554 e. The molecule has 5 N–H and O–H groups in total. The lowest BCUT2D eigenvalue weighted by atomic mass is 9.90. The van der Waals surface area contributed by atoms with Crippen LogP contribution in [0.2, 0.25) is 0 Å². The van der Waals surface area contributed by atoms with Gasteiger partial charge in [0.05, 0.1) is 13.2 Å². The van der Waals surface area contributed by atoms with Crippen LogP contribution in [0.4, 0.5) is 0 Å². The number of ether oxygens (including phenoxy) is 1. The van der Waals surface area contributed by atoms with Crippen molar-refractivity contribution in [3.63, 3.8) is 0 Å². The van der Waals surface area contributed by atoms with Gasteiger partial charge in [-0.25, -0.2) is 0 Å². The summed E-state index contributed by atoms with van der Waals surface area (Å²) in [4.78, 5) is 59.0. The Labute approximate surface area is 269 Å². The summed E-state index contributed by atoms with van der Waals surface area (Å²) in [6.45, 7) is -0.0859. The molecule has 2 aromatic rings. The number of benzene rings is 2. The van der Waals surface area contributed by atoms with E-state index in [1.165, 1.54) is 0 Å². The summed E-state index contributed by atoms with van der Waals surface area (Å²) in [5.74, 6) is 0.200. The predicted octanol–water partition coefficient (Wildman–Crippen LogP) is -1.48. The Kier molecular flexibility index (Phi) is 16.8. The highest BCUT2D eigenvalue weighted by Gasteiger charge is 2.47. The zero-order chi connectivity index (χ0) is 33.9. The van der Waals surface area contributed by atoms with Crippen molar-refractivity contribution in [2.45, 2.75) is 69.1 Å². The lowest BCUT2D eigenvalue weighted by Crippen LogP contribution is -2.58. The molecule has 2 fully saturated rings. The quantitative estimate of drug-likeness (QED) is 0.198. The Morgan fingerprint density at radius 1 is 1.00 bits per heavy atom. The van der Waals surface area contributed by atoms with E-state index >= 15 is 0 Å². The van der Waals surface area contributed by atoms with Gasteiger partial charge < -0.3 is 51.1 Å². The van der Waals surface area contributed by atoms with E-state index in [9.17, 15) is 14.4 Å². The molecule has 2 aliphatic heterocycles. The number of nitrogens with one attached hydrogen (secondary N) is 3. The van der Waals surface area contributed by atoms with Gasteiger partial charge in [-0.1, -0.05) is 42.5 Å². The fourth-order valence-electron chi connectivity index (χ4n) is 6.07. The normalized spacial score (nSPS) is 20.7. The van der Waals surface area contributed by atoms with E-state index in [-0.39, 0.29) is 29.7 Å². The molecule has 0 unspecified atom stereocenters. The minimum absolute atomic E-state index is 0.00331. The molecule has 252 valence electrons. The topological polar surface area (TPSA) is 206 Å². The van der Waals surface area contributed by atoms with Crippen molar-refractivity contribution in [1.29, 1.82) is 0 Å². The zero-order valence-electron chi connectivity index (χ0n) is 26.4. The molecule has 13 heteroatoms. The summed E-state index contributed by atoms with van der Waals surface area (Å²) in [6, 6.07) is 15.8. The molecule has 46 heavy (non-hydrogen) atoms. The molecule has 0 bridgehead atoms. The standard InChI is InChI=1S/C31H43N5O4.2CH2O2/c1-33-26(20-22-6-4-3-5-7-22)29(37)35-28-23(16-18-32)10-11-24-12-15-27(36(24)31(28)39)30(38)34-19-17-21-8-13-25(40-2)14-9-21;2*2-1-3/h3-9,13-14,23-24,26-28,33H,10-12,15-20,32H2,1-2H3,(H,34,38)(H,35,37);2*1H,(H,2,3)/p-2/t23-,24+,26-,27+,28+;;/m1../s1. The second kappa shape index (κ2) is 20.5. The Balaban J connectivity index is 0.00000114. The van der Waals surface area contributed by atoms with Crippen LogP contribution in [0.15, 0.2) is 54.6 Å². The summed E-state index contributed by atoms with van der Waals surface area (Å²) in [7, 11) is 3.38. The number of likely N-dealkylation sites (N-methyl/N-ethyl adjacent to an activating group) is 1. The van der Waals surface area contributed by atoms with Crippen molar-refractivity contribution in [3.8, 4) is 5.75 Å². The summed E-state index contributed by atoms with van der Waals surface area (Å²) in [5.41, 5.74) is 8.06. The molecule has 0 saturated carbocycles. The van der Waals surface area contributed by atoms with Gasteiger partial charge in [0.25, 0.3) is 0 Å². The van der Waals surface area contributed by atoms with Gasteiger partial charge in [-0.2, -0.15) is 0 Å². The smallest absolute Gasteiger partial charge is 0.246 e. The Morgan fingerprint density at radius 2 is 1.63 bits per heavy atom. The second-order valence-corrected chi connectivity index (χ2v) is 11.0. The van der Waals surface area contributed by atoms with E-state index in [1.807, 2.05) is 54.6 Å². The first-order valence-electron chi connectivity index (χ1n) is 15.3. The molecule has 0 spiro atoms. The lowest BCUT2D eigenvalue weighted by Gasteiger charge is -2.32.